The van der Waals surface area contributed by atoms with Crippen molar-refractivity contribution in [2.24, 2.45) is 11.3 Å². The smallest absolute Gasteiger partial charge is 0.252 e. The van der Waals surface area contributed by atoms with Crippen LogP contribution >= 0.6 is 11.6 Å². The largest absolute Gasteiger partial charge is 0.395 e. The SMILES string of the molecule is CCCCN(CCO)CCCc1ccc(Cl)c(C(=O)NCC23CCCC(CCC2)C3)c1.[CH2]. The van der Waals surface area contributed by atoms with Gasteiger partial charge in [-0.3, -0.25) is 4.79 Å². The molecule has 0 saturated heterocycles. The van der Waals surface area contributed by atoms with E-state index in [1.54, 1.807) is 0 Å². The molecule has 1 amide bonds. The number of aliphatic hydroxyl groups excluding tert-OH is 1. The Bertz CT molecular complexity index is 699. The molecular weight excluding hydrogens is 420 g/mol. The first-order valence-corrected chi connectivity index (χ1v) is 12.8. The average Bonchev–Trinajstić information content (AvgIpc) is 2.77. The monoisotopic (exact) mass is 462 g/mol. The van der Waals surface area contributed by atoms with Gasteiger partial charge in [0.1, 0.15) is 0 Å². The van der Waals surface area contributed by atoms with Crippen LogP contribution in [0.1, 0.15) is 87.1 Å². The zero-order valence-corrected chi connectivity index (χ0v) is 20.8. The molecule has 1 aromatic rings. The highest BCUT2D eigenvalue weighted by molar-refractivity contribution is 6.33. The second-order valence-corrected chi connectivity index (χ2v) is 10.3. The van der Waals surface area contributed by atoms with Gasteiger partial charge in [-0.25, -0.2) is 0 Å². The summed E-state index contributed by atoms with van der Waals surface area (Å²) in [6, 6.07) is 5.87. The molecule has 2 radical (unpaired) electrons. The Labute approximate surface area is 201 Å². The number of hydrogen-bond acceptors (Lipinski definition) is 3. The number of hydrogen-bond donors (Lipinski definition) is 2. The van der Waals surface area contributed by atoms with Gasteiger partial charge >= 0.3 is 0 Å². The van der Waals surface area contributed by atoms with E-state index in [0.717, 1.165) is 56.9 Å². The normalized spacial score (nSPS) is 22.4. The molecule has 0 aliphatic heterocycles. The molecule has 0 aromatic heterocycles. The highest BCUT2D eigenvalue weighted by atomic mass is 35.5. The fourth-order valence-corrected chi connectivity index (χ4v) is 5.90. The van der Waals surface area contributed by atoms with Crippen LogP contribution in [0, 0.1) is 18.8 Å². The van der Waals surface area contributed by atoms with Crippen molar-refractivity contribution in [1.82, 2.24) is 10.2 Å². The lowest BCUT2D eigenvalue weighted by Gasteiger charge is -2.45. The molecule has 0 unspecified atom stereocenters. The van der Waals surface area contributed by atoms with Gasteiger partial charge in [0.05, 0.1) is 17.2 Å². The predicted octanol–water partition coefficient (Wildman–Crippen LogP) is 5.78. The summed E-state index contributed by atoms with van der Waals surface area (Å²) in [5.74, 6) is 0.841. The Hall–Kier alpha value is -1.10. The van der Waals surface area contributed by atoms with Crippen LogP contribution in [-0.4, -0.2) is 48.7 Å². The second-order valence-electron chi connectivity index (χ2n) is 9.87. The van der Waals surface area contributed by atoms with E-state index < -0.39 is 0 Å². The quantitative estimate of drug-likeness (QED) is 0.413. The van der Waals surface area contributed by atoms with Crippen LogP contribution < -0.4 is 5.32 Å². The number of amides is 1. The second kappa shape index (κ2) is 13.6. The molecule has 2 fully saturated rings. The van der Waals surface area contributed by atoms with Crippen molar-refractivity contribution in [3.05, 3.63) is 41.8 Å². The van der Waals surface area contributed by atoms with Gasteiger partial charge in [-0.1, -0.05) is 64.1 Å². The Morgan fingerprint density at radius 3 is 2.59 bits per heavy atom. The van der Waals surface area contributed by atoms with Crippen molar-refractivity contribution in [3.8, 4) is 0 Å². The third-order valence-corrected chi connectivity index (χ3v) is 7.77. The molecule has 180 valence electrons. The van der Waals surface area contributed by atoms with Gasteiger partial charge in [0.25, 0.3) is 5.91 Å². The number of nitrogens with one attached hydrogen (secondary N) is 1. The van der Waals surface area contributed by atoms with Gasteiger partial charge in [0, 0.05) is 13.1 Å². The topological polar surface area (TPSA) is 52.6 Å². The van der Waals surface area contributed by atoms with Crippen LogP contribution in [0.4, 0.5) is 0 Å². The maximum Gasteiger partial charge on any atom is 0.252 e. The molecule has 5 heteroatoms. The predicted molar refractivity (Wildman–Crippen MR) is 134 cm³/mol. The molecule has 2 N–H and O–H groups in total. The molecule has 2 aliphatic rings. The van der Waals surface area contributed by atoms with Gasteiger partial charge < -0.3 is 15.3 Å². The van der Waals surface area contributed by atoms with Crippen LogP contribution in [0.5, 0.6) is 0 Å². The zero-order valence-electron chi connectivity index (χ0n) is 20.0. The van der Waals surface area contributed by atoms with Gasteiger partial charge in [0.2, 0.25) is 0 Å². The molecule has 2 bridgehead atoms. The molecule has 2 aliphatic carbocycles. The Balaban J connectivity index is 0.00000363. The van der Waals surface area contributed by atoms with E-state index in [1.165, 1.54) is 51.4 Å². The maximum absolute atomic E-state index is 13.0. The Morgan fingerprint density at radius 2 is 1.91 bits per heavy atom. The molecule has 0 heterocycles. The summed E-state index contributed by atoms with van der Waals surface area (Å²) in [6.45, 7) is 5.92. The number of nitrogens with zero attached hydrogens (tertiary/aromatic N) is 1. The first-order valence-electron chi connectivity index (χ1n) is 12.4. The lowest BCUT2D eigenvalue weighted by atomic mass is 9.62. The number of carbonyl (C=O) groups excluding carboxylic acids is 1. The molecule has 0 spiro atoms. The number of benzene rings is 1. The minimum absolute atomic E-state index is 0. The number of aliphatic hydroxyl groups is 1. The molecule has 3 rings (SSSR count). The van der Waals surface area contributed by atoms with E-state index in [2.05, 4.69) is 17.1 Å². The third kappa shape index (κ3) is 7.74. The van der Waals surface area contributed by atoms with Gasteiger partial charge in [-0.05, 0) is 80.6 Å². The molecule has 2 saturated carbocycles. The summed E-state index contributed by atoms with van der Waals surface area (Å²) in [5, 5.41) is 13.1. The fraction of sp³-hybridized carbons (Fsp3) is 0.704. The summed E-state index contributed by atoms with van der Waals surface area (Å²) < 4.78 is 0. The summed E-state index contributed by atoms with van der Waals surface area (Å²) in [6.07, 6.45) is 13.4. The highest BCUT2D eigenvalue weighted by Crippen LogP contribution is 2.48. The van der Waals surface area contributed by atoms with Gasteiger partial charge in [0.15, 0.2) is 0 Å². The van der Waals surface area contributed by atoms with Crippen molar-refractivity contribution < 1.29 is 9.90 Å². The molecule has 0 atom stereocenters. The van der Waals surface area contributed by atoms with Crippen LogP contribution in [0.2, 0.25) is 5.02 Å². The van der Waals surface area contributed by atoms with E-state index in [-0.39, 0.29) is 19.9 Å². The minimum atomic E-state index is -0.0289. The number of carbonyl (C=O) groups is 1. The average molecular weight is 463 g/mol. The lowest BCUT2D eigenvalue weighted by Crippen LogP contribution is -2.43. The van der Waals surface area contributed by atoms with E-state index in [0.29, 0.717) is 16.0 Å². The van der Waals surface area contributed by atoms with Gasteiger partial charge in [-0.15, -0.1) is 0 Å². The van der Waals surface area contributed by atoms with Gasteiger partial charge in [-0.2, -0.15) is 0 Å². The van der Waals surface area contributed by atoms with Crippen LogP contribution in [0.15, 0.2) is 18.2 Å². The Morgan fingerprint density at radius 1 is 1.19 bits per heavy atom. The first kappa shape index (κ1) is 27.1. The van der Waals surface area contributed by atoms with Crippen LogP contribution in [-0.2, 0) is 6.42 Å². The maximum atomic E-state index is 13.0. The highest BCUT2D eigenvalue weighted by Gasteiger charge is 2.39. The number of aryl methyl sites for hydroxylation is 1. The zero-order chi connectivity index (χ0) is 22.1. The van der Waals surface area contributed by atoms with Crippen molar-refractivity contribution >= 4 is 17.5 Å². The standard InChI is InChI=1S/C26H41ClN2O2.CH2/c1-2-3-14-29(16-17-30)15-6-9-21-10-11-24(27)23(18-21)25(31)28-20-26-12-4-7-22(19-26)8-5-13-26;/h10-11,18,22,30H,2-9,12-17,19-20H2,1H3,(H,28,31);1H2. The summed E-state index contributed by atoms with van der Waals surface area (Å²) >= 11 is 6.40. The minimum Gasteiger partial charge on any atom is -0.395 e. The summed E-state index contributed by atoms with van der Waals surface area (Å²) in [5.41, 5.74) is 2.08. The lowest BCUT2D eigenvalue weighted by molar-refractivity contribution is 0.0681. The first-order chi connectivity index (χ1) is 15.0. The third-order valence-electron chi connectivity index (χ3n) is 7.44. The number of unbranched alkanes of at least 4 members (excludes halogenated alkanes) is 1. The summed E-state index contributed by atoms with van der Waals surface area (Å²) in [4.78, 5) is 15.3. The van der Waals surface area contributed by atoms with Crippen molar-refractivity contribution in [1.29, 1.82) is 0 Å². The number of halogens is 1. The number of rotatable bonds is 12. The van der Waals surface area contributed by atoms with E-state index in [1.807, 2.05) is 18.2 Å². The van der Waals surface area contributed by atoms with Crippen LogP contribution in [0.3, 0.4) is 0 Å². The molecule has 1 aromatic carbocycles. The summed E-state index contributed by atoms with van der Waals surface area (Å²) in [7, 11) is 0. The number of fused-ring (bicyclic) bond motifs is 2. The van der Waals surface area contributed by atoms with E-state index in [9.17, 15) is 9.90 Å². The van der Waals surface area contributed by atoms with Crippen molar-refractivity contribution in [2.75, 3.05) is 32.8 Å². The Kier molecular flexibility index (Phi) is 11.5. The van der Waals surface area contributed by atoms with Crippen LogP contribution in [0.25, 0.3) is 0 Å². The van der Waals surface area contributed by atoms with E-state index in [4.69, 9.17) is 11.6 Å². The molecular formula is C27H43ClN2O2. The van der Waals surface area contributed by atoms with Crippen molar-refractivity contribution in [2.45, 2.75) is 77.6 Å². The molecule has 4 nitrogen and oxygen atoms in total. The van der Waals surface area contributed by atoms with Crippen molar-refractivity contribution in [3.63, 3.8) is 0 Å². The van der Waals surface area contributed by atoms with E-state index >= 15 is 0 Å². The fourth-order valence-electron chi connectivity index (χ4n) is 5.70. The molecule has 32 heavy (non-hydrogen) atoms.